The SMILES string of the molecule is CCCCc1nc2c(C)ccc(OCCCCn3cnc4ccccc43)c2n1Cc1ccc(-c2ccccc2OC(=O)O)cc1. The molecule has 2 heterocycles. The van der Waals surface area contributed by atoms with Gasteiger partial charge in [0.15, 0.2) is 0 Å². The molecule has 1 N–H and O–H groups in total. The molecule has 2 aromatic heterocycles. The topological polar surface area (TPSA) is 91.4 Å². The summed E-state index contributed by atoms with van der Waals surface area (Å²) < 4.78 is 16.0. The Hall–Kier alpha value is -5.11. The van der Waals surface area contributed by atoms with Crippen LogP contribution in [0.1, 0.15) is 49.6 Å². The van der Waals surface area contributed by atoms with Gasteiger partial charge in [-0.3, -0.25) is 0 Å². The Morgan fingerprint density at radius 2 is 1.69 bits per heavy atom. The van der Waals surface area contributed by atoms with Gasteiger partial charge in [-0.25, -0.2) is 14.8 Å². The molecule has 0 aliphatic carbocycles. The third-order valence-corrected chi connectivity index (χ3v) is 8.16. The number of fused-ring (bicyclic) bond motifs is 2. The molecule has 6 rings (SSSR count). The number of hydrogen-bond acceptors (Lipinski definition) is 5. The quantitative estimate of drug-likeness (QED) is 0.0808. The van der Waals surface area contributed by atoms with E-state index in [1.807, 2.05) is 42.7 Å². The van der Waals surface area contributed by atoms with Crippen molar-refractivity contribution in [3.05, 3.63) is 108 Å². The number of aromatic nitrogens is 4. The summed E-state index contributed by atoms with van der Waals surface area (Å²) in [5.41, 5.74) is 8.07. The standard InChI is InChI=1S/C37H38N4O4/c1-3-4-15-34-39-35-26(2)16-21-33(44-23-10-9-22-40-25-38-30-12-6-7-13-31(30)40)36(35)41(34)24-27-17-19-28(20-18-27)29-11-5-8-14-32(29)45-37(42)43/h5-8,11-14,16-21,25H,3-4,9-10,15,22-24H2,1-2H3,(H,42,43). The lowest BCUT2D eigenvalue weighted by molar-refractivity contribution is 0.144. The zero-order chi connectivity index (χ0) is 31.2. The summed E-state index contributed by atoms with van der Waals surface area (Å²) >= 11 is 0. The molecule has 8 heteroatoms. The number of aryl methyl sites for hydroxylation is 3. The van der Waals surface area contributed by atoms with Crippen molar-refractivity contribution in [3.63, 3.8) is 0 Å². The van der Waals surface area contributed by atoms with Gasteiger partial charge in [-0.15, -0.1) is 0 Å². The molecule has 0 fully saturated rings. The lowest BCUT2D eigenvalue weighted by atomic mass is 10.0. The normalized spacial score (nSPS) is 11.3. The Labute approximate surface area is 262 Å². The number of carboxylic acid groups (broad SMARTS) is 1. The number of rotatable bonds is 13. The molecule has 0 aliphatic heterocycles. The molecular weight excluding hydrogens is 564 g/mol. The first-order valence-corrected chi connectivity index (χ1v) is 15.6. The summed E-state index contributed by atoms with van der Waals surface area (Å²) in [7, 11) is 0. The van der Waals surface area contributed by atoms with E-state index in [0.717, 1.165) is 94.5 Å². The zero-order valence-electron chi connectivity index (χ0n) is 25.8. The van der Waals surface area contributed by atoms with Gasteiger partial charge in [0.25, 0.3) is 0 Å². The predicted octanol–water partition coefficient (Wildman–Crippen LogP) is 8.67. The second-order valence-electron chi connectivity index (χ2n) is 11.3. The lowest BCUT2D eigenvalue weighted by Crippen LogP contribution is -2.07. The average Bonchev–Trinajstić information content (AvgIpc) is 3.63. The molecule has 0 bridgehead atoms. The third-order valence-electron chi connectivity index (χ3n) is 8.16. The van der Waals surface area contributed by atoms with Crippen LogP contribution in [0.4, 0.5) is 4.79 Å². The molecule has 0 atom stereocenters. The number of carbonyl (C=O) groups is 1. The molecule has 0 radical (unpaired) electrons. The second kappa shape index (κ2) is 13.7. The number of unbranched alkanes of at least 4 members (excludes halogenated alkanes) is 2. The minimum Gasteiger partial charge on any atom is -0.491 e. The summed E-state index contributed by atoms with van der Waals surface area (Å²) in [4.78, 5) is 20.8. The van der Waals surface area contributed by atoms with Crippen LogP contribution in [0.25, 0.3) is 33.2 Å². The van der Waals surface area contributed by atoms with Crippen molar-refractivity contribution in [1.29, 1.82) is 0 Å². The number of para-hydroxylation sites is 3. The fourth-order valence-electron chi connectivity index (χ4n) is 5.81. The first-order chi connectivity index (χ1) is 22.0. The fourth-order valence-corrected chi connectivity index (χ4v) is 5.81. The fraction of sp³-hybridized carbons (Fsp3) is 0.270. The van der Waals surface area contributed by atoms with Gasteiger partial charge in [-0.1, -0.05) is 74.0 Å². The van der Waals surface area contributed by atoms with Gasteiger partial charge in [-0.05, 0) is 67.1 Å². The van der Waals surface area contributed by atoms with Crippen LogP contribution in [0.5, 0.6) is 11.5 Å². The van der Waals surface area contributed by atoms with Gasteiger partial charge >= 0.3 is 6.16 Å². The summed E-state index contributed by atoms with van der Waals surface area (Å²) in [6.45, 7) is 6.47. The van der Waals surface area contributed by atoms with Gasteiger partial charge in [0, 0.05) is 25.1 Å². The minimum atomic E-state index is -1.33. The van der Waals surface area contributed by atoms with Crippen LogP contribution in [-0.4, -0.2) is 37.0 Å². The van der Waals surface area contributed by atoms with Gasteiger partial charge in [-0.2, -0.15) is 0 Å². The summed E-state index contributed by atoms with van der Waals surface area (Å²) in [5, 5.41) is 9.15. The molecule has 0 saturated heterocycles. The summed E-state index contributed by atoms with van der Waals surface area (Å²) in [6.07, 6.45) is 5.54. The minimum absolute atomic E-state index is 0.316. The average molecular weight is 603 g/mol. The van der Waals surface area contributed by atoms with Crippen LogP contribution in [0.2, 0.25) is 0 Å². The highest BCUT2D eigenvalue weighted by Gasteiger charge is 2.18. The smallest absolute Gasteiger partial charge is 0.491 e. The van der Waals surface area contributed by atoms with E-state index in [1.165, 1.54) is 0 Å². The summed E-state index contributed by atoms with van der Waals surface area (Å²) in [5.74, 6) is 2.23. The maximum atomic E-state index is 11.2. The van der Waals surface area contributed by atoms with Crippen molar-refractivity contribution >= 4 is 28.2 Å². The van der Waals surface area contributed by atoms with E-state index in [2.05, 4.69) is 64.4 Å². The van der Waals surface area contributed by atoms with Crippen LogP contribution in [0.3, 0.4) is 0 Å². The van der Waals surface area contributed by atoms with Crippen LogP contribution in [0.15, 0.2) is 91.3 Å². The number of nitrogens with zero attached hydrogens (tertiary/aromatic N) is 4. The van der Waals surface area contributed by atoms with Crippen molar-refractivity contribution in [2.75, 3.05) is 6.61 Å². The molecule has 0 saturated carbocycles. The summed E-state index contributed by atoms with van der Waals surface area (Å²) in [6, 6.07) is 27.7. The van der Waals surface area contributed by atoms with E-state index in [4.69, 9.17) is 19.6 Å². The van der Waals surface area contributed by atoms with E-state index < -0.39 is 6.16 Å². The highest BCUT2D eigenvalue weighted by Crippen LogP contribution is 2.33. The van der Waals surface area contributed by atoms with Crippen LogP contribution in [0, 0.1) is 6.92 Å². The van der Waals surface area contributed by atoms with E-state index >= 15 is 0 Å². The van der Waals surface area contributed by atoms with Crippen molar-refractivity contribution in [2.24, 2.45) is 0 Å². The molecule has 8 nitrogen and oxygen atoms in total. The maximum Gasteiger partial charge on any atom is 0.511 e. The van der Waals surface area contributed by atoms with Gasteiger partial charge in [0.1, 0.15) is 22.8 Å². The number of benzene rings is 4. The van der Waals surface area contributed by atoms with Crippen molar-refractivity contribution in [2.45, 2.75) is 59.0 Å². The highest BCUT2D eigenvalue weighted by atomic mass is 16.7. The molecule has 0 aliphatic rings. The Morgan fingerprint density at radius 3 is 2.51 bits per heavy atom. The molecule has 6 aromatic rings. The van der Waals surface area contributed by atoms with E-state index in [1.54, 1.807) is 12.1 Å². The Balaban J connectivity index is 1.22. The van der Waals surface area contributed by atoms with Crippen molar-refractivity contribution in [1.82, 2.24) is 19.1 Å². The number of imidazole rings is 2. The monoisotopic (exact) mass is 602 g/mol. The van der Waals surface area contributed by atoms with Crippen LogP contribution in [-0.2, 0) is 19.5 Å². The largest absolute Gasteiger partial charge is 0.511 e. The number of ether oxygens (including phenoxy) is 2. The first-order valence-electron chi connectivity index (χ1n) is 15.6. The molecule has 45 heavy (non-hydrogen) atoms. The lowest BCUT2D eigenvalue weighted by Gasteiger charge is -2.14. The predicted molar refractivity (Wildman–Crippen MR) is 177 cm³/mol. The second-order valence-corrected chi connectivity index (χ2v) is 11.3. The Bertz CT molecular complexity index is 1920. The molecule has 0 amide bonds. The Morgan fingerprint density at radius 1 is 0.889 bits per heavy atom. The molecule has 4 aromatic carbocycles. The van der Waals surface area contributed by atoms with E-state index in [9.17, 15) is 4.79 Å². The Kier molecular flexibility index (Phi) is 9.10. The van der Waals surface area contributed by atoms with E-state index in [-0.39, 0.29) is 0 Å². The molecule has 0 unspecified atom stereocenters. The van der Waals surface area contributed by atoms with E-state index in [0.29, 0.717) is 18.9 Å². The molecular formula is C37H38N4O4. The maximum absolute atomic E-state index is 11.2. The molecule has 230 valence electrons. The highest BCUT2D eigenvalue weighted by molar-refractivity contribution is 5.86. The third kappa shape index (κ3) is 6.70. The number of hydrogen-bond donors (Lipinski definition) is 1. The molecule has 0 spiro atoms. The van der Waals surface area contributed by atoms with Crippen molar-refractivity contribution < 1.29 is 19.4 Å². The zero-order valence-corrected chi connectivity index (χ0v) is 25.8. The van der Waals surface area contributed by atoms with Gasteiger partial charge in [0.05, 0.1) is 29.5 Å². The van der Waals surface area contributed by atoms with Gasteiger partial charge in [0.2, 0.25) is 0 Å². The van der Waals surface area contributed by atoms with Crippen LogP contribution >= 0.6 is 0 Å². The van der Waals surface area contributed by atoms with Gasteiger partial charge < -0.3 is 23.7 Å². The first kappa shape index (κ1) is 29.9. The van der Waals surface area contributed by atoms with Crippen molar-refractivity contribution in [3.8, 4) is 22.6 Å². The van der Waals surface area contributed by atoms with Crippen LogP contribution < -0.4 is 9.47 Å².